The summed E-state index contributed by atoms with van der Waals surface area (Å²) < 4.78 is 41.2. The zero-order valence-electron chi connectivity index (χ0n) is 10.4. The average Bonchev–Trinajstić information content (AvgIpc) is 2.26. The summed E-state index contributed by atoms with van der Waals surface area (Å²) in [5.41, 5.74) is 1.52. The van der Waals surface area contributed by atoms with Crippen molar-refractivity contribution in [3.63, 3.8) is 0 Å². The van der Waals surface area contributed by atoms with Gasteiger partial charge in [-0.25, -0.2) is 4.79 Å². The van der Waals surface area contributed by atoms with E-state index < -0.39 is 18.2 Å². The van der Waals surface area contributed by atoms with Crippen molar-refractivity contribution in [1.82, 2.24) is 0 Å². The van der Waals surface area contributed by atoms with Crippen molar-refractivity contribution < 1.29 is 17.6 Å². The summed E-state index contributed by atoms with van der Waals surface area (Å²) in [5, 5.41) is 0.805. The minimum atomic E-state index is -4.13. The van der Waals surface area contributed by atoms with Crippen LogP contribution in [0, 0.1) is 6.92 Å². The molecule has 0 fully saturated rings. The zero-order valence-corrected chi connectivity index (χ0v) is 10.4. The number of fused-ring (bicyclic) bond motifs is 1. The zero-order chi connectivity index (χ0) is 14.0. The molecule has 2 rings (SSSR count). The molecule has 0 N–H and O–H groups in total. The van der Waals surface area contributed by atoms with E-state index in [0.29, 0.717) is 12.0 Å². The first-order chi connectivity index (χ1) is 8.85. The van der Waals surface area contributed by atoms with Gasteiger partial charge in [0.1, 0.15) is 5.58 Å². The van der Waals surface area contributed by atoms with Gasteiger partial charge in [-0.05, 0) is 37.0 Å². The van der Waals surface area contributed by atoms with Crippen LogP contribution in [0.3, 0.4) is 0 Å². The highest BCUT2D eigenvalue weighted by atomic mass is 19.4. The third-order valence-electron chi connectivity index (χ3n) is 2.94. The topological polar surface area (TPSA) is 30.2 Å². The van der Waals surface area contributed by atoms with Crippen molar-refractivity contribution in [2.75, 3.05) is 0 Å². The minimum absolute atomic E-state index is 0.0328. The predicted molar refractivity (Wildman–Crippen MR) is 66.2 cm³/mol. The normalized spacial score (nSPS) is 12.0. The first-order valence-electron chi connectivity index (χ1n) is 5.95. The van der Waals surface area contributed by atoms with E-state index >= 15 is 0 Å². The van der Waals surface area contributed by atoms with Crippen LogP contribution in [0.1, 0.15) is 24.0 Å². The van der Waals surface area contributed by atoms with Gasteiger partial charge in [-0.15, -0.1) is 0 Å². The summed E-state index contributed by atoms with van der Waals surface area (Å²) in [5.74, 6) is 0. The lowest BCUT2D eigenvalue weighted by Gasteiger charge is -2.07. The molecule has 19 heavy (non-hydrogen) atoms. The monoisotopic (exact) mass is 270 g/mol. The third kappa shape index (κ3) is 3.59. The first-order valence-corrected chi connectivity index (χ1v) is 5.95. The summed E-state index contributed by atoms with van der Waals surface area (Å²) >= 11 is 0. The molecule has 0 saturated heterocycles. The first kappa shape index (κ1) is 13.6. The van der Waals surface area contributed by atoms with Gasteiger partial charge in [-0.3, -0.25) is 0 Å². The molecule has 102 valence electrons. The number of benzene rings is 1. The molecule has 0 radical (unpaired) electrons. The van der Waals surface area contributed by atoms with Crippen LogP contribution in [0.15, 0.2) is 33.5 Å². The minimum Gasteiger partial charge on any atom is -0.423 e. The number of alkyl halides is 3. The lowest BCUT2D eigenvalue weighted by atomic mass is 10.0. The van der Waals surface area contributed by atoms with Crippen molar-refractivity contribution in [3.05, 3.63) is 45.8 Å². The maximum absolute atomic E-state index is 12.1. The number of aryl methyl sites for hydroxylation is 2. The van der Waals surface area contributed by atoms with Gasteiger partial charge in [0, 0.05) is 17.9 Å². The quantitative estimate of drug-likeness (QED) is 0.789. The van der Waals surface area contributed by atoms with Crippen molar-refractivity contribution in [2.45, 2.75) is 32.4 Å². The molecule has 0 aliphatic heterocycles. The summed E-state index contributed by atoms with van der Waals surface area (Å²) in [7, 11) is 0. The highest BCUT2D eigenvalue weighted by molar-refractivity contribution is 5.80. The molecule has 0 atom stereocenters. The molecule has 0 unspecified atom stereocenters. The van der Waals surface area contributed by atoms with E-state index in [-0.39, 0.29) is 6.42 Å². The van der Waals surface area contributed by atoms with E-state index in [1.54, 1.807) is 25.1 Å². The highest BCUT2D eigenvalue weighted by Gasteiger charge is 2.25. The van der Waals surface area contributed by atoms with Crippen molar-refractivity contribution in [2.24, 2.45) is 0 Å². The molecule has 5 heteroatoms. The Balaban J connectivity index is 2.20. The van der Waals surface area contributed by atoms with Crippen molar-refractivity contribution in [3.8, 4) is 0 Å². The van der Waals surface area contributed by atoms with Gasteiger partial charge >= 0.3 is 11.8 Å². The molecule has 1 aromatic heterocycles. The molecular weight excluding hydrogens is 257 g/mol. The fourth-order valence-corrected chi connectivity index (χ4v) is 2.02. The fraction of sp³-hybridized carbons (Fsp3) is 0.357. The fourth-order valence-electron chi connectivity index (χ4n) is 2.02. The third-order valence-corrected chi connectivity index (χ3v) is 2.94. The van der Waals surface area contributed by atoms with Crippen LogP contribution in [0.2, 0.25) is 0 Å². The second kappa shape index (κ2) is 5.07. The van der Waals surface area contributed by atoms with Gasteiger partial charge in [-0.2, -0.15) is 13.2 Å². The highest BCUT2D eigenvalue weighted by Crippen LogP contribution is 2.24. The van der Waals surface area contributed by atoms with Crippen LogP contribution in [0.4, 0.5) is 13.2 Å². The van der Waals surface area contributed by atoms with Crippen LogP contribution in [-0.4, -0.2) is 6.18 Å². The second-order valence-corrected chi connectivity index (χ2v) is 4.55. The lowest BCUT2D eigenvalue weighted by molar-refractivity contribution is -0.135. The van der Waals surface area contributed by atoms with Gasteiger partial charge < -0.3 is 4.42 Å². The second-order valence-electron chi connectivity index (χ2n) is 4.55. The number of halogens is 3. The van der Waals surface area contributed by atoms with E-state index in [1.807, 2.05) is 0 Å². The molecule has 1 aromatic carbocycles. The van der Waals surface area contributed by atoms with Crippen molar-refractivity contribution >= 4 is 11.0 Å². The Labute approximate surface area is 107 Å². The van der Waals surface area contributed by atoms with E-state index in [9.17, 15) is 18.0 Å². The van der Waals surface area contributed by atoms with Crippen LogP contribution in [0.5, 0.6) is 0 Å². The Morgan fingerprint density at radius 1 is 1.21 bits per heavy atom. The Kier molecular flexibility index (Phi) is 3.64. The average molecular weight is 270 g/mol. The number of rotatable bonds is 3. The van der Waals surface area contributed by atoms with E-state index in [4.69, 9.17) is 4.42 Å². The van der Waals surface area contributed by atoms with E-state index in [1.165, 1.54) is 6.07 Å². The molecule has 0 bridgehead atoms. The van der Waals surface area contributed by atoms with Crippen LogP contribution >= 0.6 is 0 Å². The van der Waals surface area contributed by atoms with Gasteiger partial charge in [0.15, 0.2) is 0 Å². The van der Waals surface area contributed by atoms with Gasteiger partial charge in [0.2, 0.25) is 0 Å². The standard InChI is InChI=1S/C14H13F3O2/c1-9-7-13(18)19-12-8-10(4-5-11(9)12)3-2-6-14(15,16)17/h4-5,7-8H,2-3,6H2,1H3. The molecular formula is C14H13F3O2. The maximum atomic E-state index is 12.1. The number of hydrogen-bond acceptors (Lipinski definition) is 2. The number of hydrogen-bond donors (Lipinski definition) is 0. The van der Waals surface area contributed by atoms with Crippen LogP contribution < -0.4 is 5.63 Å². The SMILES string of the molecule is Cc1cc(=O)oc2cc(CCCC(F)(F)F)ccc12. The summed E-state index contributed by atoms with van der Waals surface area (Å²) in [4.78, 5) is 11.2. The summed E-state index contributed by atoms with van der Waals surface area (Å²) in [6, 6.07) is 6.58. The van der Waals surface area contributed by atoms with Crippen LogP contribution in [-0.2, 0) is 6.42 Å². The predicted octanol–water partition coefficient (Wildman–Crippen LogP) is 3.99. The van der Waals surface area contributed by atoms with Gasteiger partial charge in [0.05, 0.1) is 0 Å². The molecule has 0 amide bonds. The Hall–Kier alpha value is -1.78. The summed E-state index contributed by atoms with van der Waals surface area (Å²) in [6.45, 7) is 1.79. The van der Waals surface area contributed by atoms with Gasteiger partial charge in [0.25, 0.3) is 0 Å². The summed E-state index contributed by atoms with van der Waals surface area (Å²) in [6.07, 6.45) is -4.58. The lowest BCUT2D eigenvalue weighted by Crippen LogP contribution is -2.07. The largest absolute Gasteiger partial charge is 0.423 e. The van der Waals surface area contributed by atoms with E-state index in [0.717, 1.165) is 16.5 Å². The Bertz CT molecular complexity index is 641. The maximum Gasteiger partial charge on any atom is 0.389 e. The van der Waals surface area contributed by atoms with Crippen molar-refractivity contribution in [1.29, 1.82) is 0 Å². The molecule has 0 spiro atoms. The molecule has 2 nitrogen and oxygen atoms in total. The smallest absolute Gasteiger partial charge is 0.389 e. The molecule has 1 heterocycles. The molecule has 0 saturated carbocycles. The van der Waals surface area contributed by atoms with Crippen LogP contribution in [0.25, 0.3) is 11.0 Å². The Morgan fingerprint density at radius 2 is 1.95 bits per heavy atom. The molecule has 0 aliphatic rings. The van der Waals surface area contributed by atoms with Gasteiger partial charge in [-0.1, -0.05) is 12.1 Å². The van der Waals surface area contributed by atoms with E-state index in [2.05, 4.69) is 0 Å². The molecule has 0 aliphatic carbocycles. The Morgan fingerprint density at radius 3 is 2.63 bits per heavy atom. The molecule has 2 aromatic rings.